The van der Waals surface area contributed by atoms with Gasteiger partial charge in [0.05, 0.1) is 5.56 Å². The van der Waals surface area contributed by atoms with Gasteiger partial charge in [-0.3, -0.25) is 0 Å². The number of rotatable bonds is 4. The van der Waals surface area contributed by atoms with E-state index in [0.717, 1.165) is 5.56 Å². The lowest BCUT2D eigenvalue weighted by atomic mass is 9.92. The Balaban J connectivity index is 1.93. The van der Waals surface area contributed by atoms with E-state index in [9.17, 15) is 4.79 Å². The molecule has 0 bridgehead atoms. The molecule has 1 fully saturated rings. The van der Waals surface area contributed by atoms with Crippen molar-refractivity contribution in [2.75, 3.05) is 0 Å². The Labute approximate surface area is 109 Å². The van der Waals surface area contributed by atoms with E-state index in [-0.39, 0.29) is 0 Å². The SMILES string of the molecule is [B]N(Cc1ccc(C(=O)O)cc1)C1CCCCC1. The van der Waals surface area contributed by atoms with Gasteiger partial charge in [0.2, 0.25) is 0 Å². The third-order valence-electron chi connectivity index (χ3n) is 3.61. The molecule has 18 heavy (non-hydrogen) atoms. The molecule has 3 nitrogen and oxygen atoms in total. The van der Waals surface area contributed by atoms with E-state index >= 15 is 0 Å². The summed E-state index contributed by atoms with van der Waals surface area (Å²) < 4.78 is 0. The van der Waals surface area contributed by atoms with Gasteiger partial charge in [-0.1, -0.05) is 31.4 Å². The quantitative estimate of drug-likeness (QED) is 0.826. The molecule has 0 unspecified atom stereocenters. The van der Waals surface area contributed by atoms with Gasteiger partial charge in [0, 0.05) is 6.54 Å². The molecule has 1 saturated carbocycles. The van der Waals surface area contributed by atoms with Gasteiger partial charge in [-0.25, -0.2) is 4.79 Å². The second-order valence-electron chi connectivity index (χ2n) is 4.97. The van der Waals surface area contributed by atoms with Gasteiger partial charge in [0.25, 0.3) is 0 Å². The number of aromatic carboxylic acids is 1. The van der Waals surface area contributed by atoms with Crippen LogP contribution in [0.15, 0.2) is 24.3 Å². The molecule has 94 valence electrons. The van der Waals surface area contributed by atoms with Crippen LogP contribution in [0.25, 0.3) is 0 Å². The smallest absolute Gasteiger partial charge is 0.335 e. The Kier molecular flexibility index (Phi) is 4.42. The average Bonchev–Trinajstić information content (AvgIpc) is 2.40. The maximum Gasteiger partial charge on any atom is 0.335 e. The molecule has 1 aliphatic carbocycles. The standard InChI is InChI=1S/C14H18BNO2/c15-16(13-4-2-1-3-5-13)10-11-6-8-12(9-7-11)14(17)18/h6-9,13H,1-5,10H2,(H,17,18). The predicted molar refractivity (Wildman–Crippen MR) is 71.6 cm³/mol. The number of carboxylic acids is 1. The lowest BCUT2D eigenvalue weighted by molar-refractivity contribution is 0.0697. The zero-order chi connectivity index (χ0) is 13.0. The number of carbonyl (C=O) groups is 1. The first-order chi connectivity index (χ1) is 8.66. The Hall–Kier alpha value is -1.29. The molecule has 0 aliphatic heterocycles. The van der Waals surface area contributed by atoms with E-state index in [1.807, 2.05) is 16.9 Å². The first-order valence-electron chi connectivity index (χ1n) is 6.50. The summed E-state index contributed by atoms with van der Waals surface area (Å²) in [5.41, 5.74) is 1.38. The van der Waals surface area contributed by atoms with Gasteiger partial charge >= 0.3 is 5.97 Å². The van der Waals surface area contributed by atoms with Crippen LogP contribution in [0, 0.1) is 0 Å². The molecule has 0 amide bonds. The molecule has 0 spiro atoms. The number of hydrogen-bond acceptors (Lipinski definition) is 2. The molecule has 0 atom stereocenters. The van der Waals surface area contributed by atoms with Crippen molar-refractivity contribution in [1.29, 1.82) is 0 Å². The fourth-order valence-electron chi connectivity index (χ4n) is 2.51. The largest absolute Gasteiger partial charge is 0.478 e. The minimum atomic E-state index is -0.890. The van der Waals surface area contributed by atoms with E-state index in [0.29, 0.717) is 18.2 Å². The molecule has 0 saturated heterocycles. The van der Waals surface area contributed by atoms with Crippen LogP contribution in [0.5, 0.6) is 0 Å². The number of benzene rings is 1. The summed E-state index contributed by atoms with van der Waals surface area (Å²) >= 11 is 0. The van der Waals surface area contributed by atoms with Crippen LogP contribution >= 0.6 is 0 Å². The fraction of sp³-hybridized carbons (Fsp3) is 0.500. The first-order valence-corrected chi connectivity index (χ1v) is 6.50. The molecular formula is C14H18BNO2. The van der Waals surface area contributed by atoms with E-state index in [4.69, 9.17) is 13.1 Å². The van der Waals surface area contributed by atoms with Gasteiger partial charge in [0.1, 0.15) is 0 Å². The molecule has 0 heterocycles. The van der Waals surface area contributed by atoms with Crippen molar-refractivity contribution >= 4 is 14.0 Å². The van der Waals surface area contributed by atoms with Crippen LogP contribution in [0.4, 0.5) is 0 Å². The molecule has 1 aromatic carbocycles. The van der Waals surface area contributed by atoms with Crippen molar-refractivity contribution in [1.82, 2.24) is 4.81 Å². The highest BCUT2D eigenvalue weighted by atomic mass is 16.4. The maximum atomic E-state index is 10.7. The molecule has 4 heteroatoms. The lowest BCUT2D eigenvalue weighted by Crippen LogP contribution is -2.34. The van der Waals surface area contributed by atoms with Crippen LogP contribution in [-0.2, 0) is 6.54 Å². The summed E-state index contributed by atoms with van der Waals surface area (Å²) in [6.07, 6.45) is 6.18. The molecule has 1 aromatic rings. The topological polar surface area (TPSA) is 40.5 Å². The lowest BCUT2D eigenvalue weighted by Gasteiger charge is -2.31. The van der Waals surface area contributed by atoms with E-state index in [1.54, 1.807) is 12.1 Å². The van der Waals surface area contributed by atoms with Crippen molar-refractivity contribution in [3.05, 3.63) is 35.4 Å². The highest BCUT2D eigenvalue weighted by Gasteiger charge is 2.17. The predicted octanol–water partition coefficient (Wildman–Crippen LogP) is 2.60. The summed E-state index contributed by atoms with van der Waals surface area (Å²) in [5.74, 6) is -0.890. The summed E-state index contributed by atoms with van der Waals surface area (Å²) in [5, 5.41) is 8.83. The van der Waals surface area contributed by atoms with Crippen LogP contribution in [-0.4, -0.2) is 29.9 Å². The Bertz CT molecular complexity index is 399. The maximum absolute atomic E-state index is 10.7. The van der Waals surface area contributed by atoms with E-state index < -0.39 is 5.97 Å². The summed E-state index contributed by atoms with van der Waals surface area (Å²) in [6, 6.07) is 7.41. The number of nitrogens with zero attached hydrogens (tertiary/aromatic N) is 1. The average molecular weight is 243 g/mol. The Morgan fingerprint density at radius 3 is 2.39 bits per heavy atom. The Morgan fingerprint density at radius 1 is 1.22 bits per heavy atom. The van der Waals surface area contributed by atoms with Crippen LogP contribution < -0.4 is 0 Å². The van der Waals surface area contributed by atoms with Gasteiger partial charge in [-0.15, -0.1) is 0 Å². The first kappa shape index (κ1) is 13.2. The van der Waals surface area contributed by atoms with Gasteiger partial charge < -0.3 is 9.92 Å². The highest BCUT2D eigenvalue weighted by Crippen LogP contribution is 2.22. The molecule has 0 aromatic heterocycles. The van der Waals surface area contributed by atoms with Crippen molar-refractivity contribution < 1.29 is 9.90 Å². The van der Waals surface area contributed by atoms with Gasteiger partial charge in [-0.2, -0.15) is 0 Å². The zero-order valence-electron chi connectivity index (χ0n) is 10.5. The third kappa shape index (κ3) is 3.36. The van der Waals surface area contributed by atoms with Gasteiger partial charge in [-0.05, 0) is 36.6 Å². The van der Waals surface area contributed by atoms with E-state index in [1.165, 1.54) is 32.1 Å². The molecular weight excluding hydrogens is 225 g/mol. The Morgan fingerprint density at radius 2 is 1.83 bits per heavy atom. The number of carboxylic acid groups (broad SMARTS) is 1. The third-order valence-corrected chi connectivity index (χ3v) is 3.61. The molecule has 1 N–H and O–H groups in total. The summed E-state index contributed by atoms with van der Waals surface area (Å²) in [4.78, 5) is 12.6. The van der Waals surface area contributed by atoms with Crippen molar-refractivity contribution in [3.8, 4) is 0 Å². The monoisotopic (exact) mass is 243 g/mol. The van der Waals surface area contributed by atoms with Gasteiger partial charge in [0.15, 0.2) is 7.98 Å². The van der Waals surface area contributed by atoms with Crippen molar-refractivity contribution in [3.63, 3.8) is 0 Å². The summed E-state index contributed by atoms with van der Waals surface area (Å²) in [7, 11) is 6.10. The summed E-state index contributed by atoms with van der Waals surface area (Å²) in [6.45, 7) is 0.685. The normalized spacial score (nSPS) is 16.9. The molecule has 1 aliphatic rings. The second kappa shape index (κ2) is 6.05. The van der Waals surface area contributed by atoms with Crippen molar-refractivity contribution in [2.45, 2.75) is 44.7 Å². The minimum Gasteiger partial charge on any atom is -0.478 e. The number of hydrogen-bond donors (Lipinski definition) is 1. The van der Waals surface area contributed by atoms with Crippen LogP contribution in [0.2, 0.25) is 0 Å². The minimum absolute atomic E-state index is 0.319. The van der Waals surface area contributed by atoms with Crippen LogP contribution in [0.1, 0.15) is 48.0 Å². The molecule has 2 rings (SSSR count). The zero-order valence-corrected chi connectivity index (χ0v) is 10.5. The fourth-order valence-corrected chi connectivity index (χ4v) is 2.51. The van der Waals surface area contributed by atoms with Crippen LogP contribution in [0.3, 0.4) is 0 Å². The van der Waals surface area contributed by atoms with E-state index in [2.05, 4.69) is 0 Å². The second-order valence-corrected chi connectivity index (χ2v) is 4.97. The van der Waals surface area contributed by atoms with Crippen molar-refractivity contribution in [2.24, 2.45) is 0 Å². The highest BCUT2D eigenvalue weighted by molar-refractivity contribution is 6.04. The molecule has 2 radical (unpaired) electrons.